The monoisotopic (exact) mass is 312 g/mol. The molecule has 0 amide bonds. The predicted octanol–water partition coefficient (Wildman–Crippen LogP) is 4.71. The first-order valence-corrected chi connectivity index (χ1v) is 6.65. The van der Waals surface area contributed by atoms with Gasteiger partial charge in [0.2, 0.25) is 0 Å². The van der Waals surface area contributed by atoms with Crippen LogP contribution in [0, 0.1) is 0 Å². The van der Waals surface area contributed by atoms with Crippen molar-refractivity contribution in [2.24, 2.45) is 0 Å². The smallest absolute Gasteiger partial charge is 0.299 e. The van der Waals surface area contributed by atoms with Gasteiger partial charge in [-0.25, -0.2) is 0 Å². The first-order valence-electron chi connectivity index (χ1n) is 6.27. The van der Waals surface area contributed by atoms with E-state index in [0.29, 0.717) is 16.1 Å². The van der Waals surface area contributed by atoms with Crippen molar-refractivity contribution in [3.05, 3.63) is 70.2 Å². The molecule has 21 heavy (non-hydrogen) atoms. The molecule has 0 fully saturated rings. The van der Waals surface area contributed by atoms with Crippen molar-refractivity contribution in [1.82, 2.24) is 0 Å². The normalized spacial score (nSPS) is 11.4. The number of Topliss-reactive ketones (excluding diaryl/α,β-unsaturated/α-hetero) is 1. The molecular weight excluding hydrogens is 301 g/mol. The highest BCUT2D eigenvalue weighted by molar-refractivity contribution is 6.31. The number of benzene rings is 2. The lowest BCUT2D eigenvalue weighted by Gasteiger charge is -2.08. The number of halogens is 4. The molecule has 0 spiro atoms. The lowest BCUT2D eigenvalue weighted by atomic mass is 10.0. The van der Waals surface area contributed by atoms with Gasteiger partial charge in [0.15, 0.2) is 0 Å². The van der Waals surface area contributed by atoms with E-state index in [2.05, 4.69) is 0 Å². The molecule has 1 nitrogen and oxygen atoms in total. The number of carbonyl (C=O) groups excluding carboxylic acids is 1. The predicted molar refractivity (Wildman–Crippen MR) is 75.3 cm³/mol. The maximum absolute atomic E-state index is 12.6. The highest BCUT2D eigenvalue weighted by Crippen LogP contribution is 2.29. The minimum Gasteiger partial charge on any atom is -0.299 e. The molecule has 0 unspecified atom stereocenters. The third-order valence-electron chi connectivity index (χ3n) is 3.00. The Morgan fingerprint density at radius 2 is 1.71 bits per heavy atom. The Balaban J connectivity index is 2.08. The summed E-state index contributed by atoms with van der Waals surface area (Å²) >= 11 is 5.96. The van der Waals surface area contributed by atoms with Gasteiger partial charge in [-0.15, -0.1) is 0 Å². The van der Waals surface area contributed by atoms with Crippen molar-refractivity contribution >= 4 is 17.4 Å². The third-order valence-corrected chi connectivity index (χ3v) is 3.37. The highest BCUT2D eigenvalue weighted by Gasteiger charge is 2.30. The zero-order chi connectivity index (χ0) is 15.5. The van der Waals surface area contributed by atoms with Gasteiger partial charge in [0.05, 0.1) is 5.56 Å². The number of ketones is 1. The molecule has 0 atom stereocenters. The summed E-state index contributed by atoms with van der Waals surface area (Å²) in [5, 5.41) is 0.481. The van der Waals surface area contributed by atoms with E-state index in [9.17, 15) is 18.0 Å². The van der Waals surface area contributed by atoms with Crippen molar-refractivity contribution in [2.45, 2.75) is 19.0 Å². The Kier molecular flexibility index (Phi) is 4.68. The fourth-order valence-corrected chi connectivity index (χ4v) is 2.20. The Morgan fingerprint density at radius 1 is 1.00 bits per heavy atom. The number of hydrogen-bond donors (Lipinski definition) is 0. The van der Waals surface area contributed by atoms with Gasteiger partial charge in [0, 0.05) is 17.9 Å². The van der Waals surface area contributed by atoms with Crippen molar-refractivity contribution in [2.75, 3.05) is 0 Å². The molecule has 0 heterocycles. The maximum Gasteiger partial charge on any atom is 0.416 e. The average molecular weight is 313 g/mol. The molecule has 0 aliphatic carbocycles. The zero-order valence-corrected chi connectivity index (χ0v) is 11.7. The second-order valence-electron chi connectivity index (χ2n) is 4.68. The van der Waals surface area contributed by atoms with Gasteiger partial charge >= 0.3 is 6.18 Å². The summed E-state index contributed by atoms with van der Waals surface area (Å²) in [6.45, 7) is 0. The maximum atomic E-state index is 12.6. The van der Waals surface area contributed by atoms with E-state index in [0.717, 1.165) is 12.1 Å². The van der Waals surface area contributed by atoms with E-state index < -0.39 is 11.7 Å². The van der Waals surface area contributed by atoms with Crippen LogP contribution in [0.5, 0.6) is 0 Å². The number of rotatable bonds is 4. The van der Waals surface area contributed by atoms with E-state index in [1.54, 1.807) is 24.3 Å². The third kappa shape index (κ3) is 4.33. The Morgan fingerprint density at radius 3 is 2.38 bits per heavy atom. The van der Waals surface area contributed by atoms with Crippen LogP contribution < -0.4 is 0 Å². The second-order valence-corrected chi connectivity index (χ2v) is 5.09. The summed E-state index contributed by atoms with van der Waals surface area (Å²) in [7, 11) is 0. The fourth-order valence-electron chi connectivity index (χ4n) is 2.00. The zero-order valence-electron chi connectivity index (χ0n) is 11.0. The molecular formula is C16H12ClF3O. The van der Waals surface area contributed by atoms with E-state index in [1.807, 2.05) is 0 Å². The van der Waals surface area contributed by atoms with E-state index in [-0.39, 0.29) is 18.6 Å². The van der Waals surface area contributed by atoms with Crippen LogP contribution in [0.25, 0.3) is 0 Å². The number of hydrogen-bond acceptors (Lipinski definition) is 1. The van der Waals surface area contributed by atoms with Crippen molar-refractivity contribution in [3.63, 3.8) is 0 Å². The van der Waals surface area contributed by atoms with Crippen LogP contribution in [-0.2, 0) is 23.8 Å². The molecule has 2 aromatic carbocycles. The molecule has 2 aromatic rings. The summed E-state index contributed by atoms with van der Waals surface area (Å²) in [4.78, 5) is 12.0. The first-order chi connectivity index (χ1) is 9.86. The molecule has 0 N–H and O–H groups in total. The van der Waals surface area contributed by atoms with Gasteiger partial charge in [-0.2, -0.15) is 13.2 Å². The topological polar surface area (TPSA) is 17.1 Å². The SMILES string of the molecule is O=C(Cc1cccc(C(F)(F)F)c1)Cc1ccccc1Cl. The summed E-state index contributed by atoms with van der Waals surface area (Å²) in [5.74, 6) is -0.178. The van der Waals surface area contributed by atoms with Crippen LogP contribution in [0.15, 0.2) is 48.5 Å². The minimum absolute atomic E-state index is 0.0465. The lowest BCUT2D eigenvalue weighted by Crippen LogP contribution is -2.09. The van der Waals surface area contributed by atoms with Crippen LogP contribution in [-0.4, -0.2) is 5.78 Å². The molecule has 0 radical (unpaired) electrons. The van der Waals surface area contributed by atoms with Gasteiger partial charge in [-0.1, -0.05) is 48.0 Å². The van der Waals surface area contributed by atoms with Gasteiger partial charge in [0.25, 0.3) is 0 Å². The van der Waals surface area contributed by atoms with E-state index >= 15 is 0 Å². The standard InChI is InChI=1S/C16H12ClF3O/c17-15-7-2-1-5-12(15)10-14(21)9-11-4-3-6-13(8-11)16(18,19)20/h1-8H,9-10H2. The second kappa shape index (κ2) is 6.31. The van der Waals surface area contributed by atoms with Gasteiger partial charge in [-0.3, -0.25) is 4.79 Å². The van der Waals surface area contributed by atoms with Crippen LogP contribution in [0.3, 0.4) is 0 Å². The Bertz CT molecular complexity index is 650. The largest absolute Gasteiger partial charge is 0.416 e. The summed E-state index contributed by atoms with van der Waals surface area (Å²) < 4.78 is 37.8. The molecule has 0 saturated carbocycles. The van der Waals surface area contributed by atoms with Gasteiger partial charge in [-0.05, 0) is 23.3 Å². The Hall–Kier alpha value is -1.81. The average Bonchev–Trinajstić information content (AvgIpc) is 2.41. The fraction of sp³-hybridized carbons (Fsp3) is 0.188. The molecule has 0 aliphatic rings. The van der Waals surface area contributed by atoms with Crippen LogP contribution in [0.4, 0.5) is 13.2 Å². The molecule has 0 bridgehead atoms. The highest BCUT2D eigenvalue weighted by atomic mass is 35.5. The van der Waals surface area contributed by atoms with Crippen LogP contribution >= 0.6 is 11.6 Å². The Labute approximate surface area is 125 Å². The molecule has 110 valence electrons. The van der Waals surface area contributed by atoms with Crippen molar-refractivity contribution < 1.29 is 18.0 Å². The quantitative estimate of drug-likeness (QED) is 0.799. The summed E-state index contributed by atoms with van der Waals surface area (Å²) in [6.07, 6.45) is -4.34. The number of alkyl halides is 3. The first kappa shape index (κ1) is 15.6. The van der Waals surface area contributed by atoms with Crippen LogP contribution in [0.1, 0.15) is 16.7 Å². The van der Waals surface area contributed by atoms with Crippen LogP contribution in [0.2, 0.25) is 5.02 Å². The number of carbonyl (C=O) groups is 1. The van der Waals surface area contributed by atoms with Gasteiger partial charge in [0.1, 0.15) is 5.78 Å². The minimum atomic E-state index is -4.40. The molecule has 0 aromatic heterocycles. The molecule has 0 saturated heterocycles. The molecule has 0 aliphatic heterocycles. The lowest BCUT2D eigenvalue weighted by molar-refractivity contribution is -0.137. The van der Waals surface area contributed by atoms with Gasteiger partial charge < -0.3 is 0 Å². The van der Waals surface area contributed by atoms with Crippen molar-refractivity contribution in [1.29, 1.82) is 0 Å². The molecule has 2 rings (SSSR count). The molecule has 5 heteroatoms. The summed E-state index contributed by atoms with van der Waals surface area (Å²) in [6, 6.07) is 11.7. The summed E-state index contributed by atoms with van der Waals surface area (Å²) in [5.41, 5.74) is 0.281. The van der Waals surface area contributed by atoms with Crippen molar-refractivity contribution in [3.8, 4) is 0 Å². The van der Waals surface area contributed by atoms with E-state index in [4.69, 9.17) is 11.6 Å². The van der Waals surface area contributed by atoms with E-state index in [1.165, 1.54) is 12.1 Å².